The molecule has 2 saturated heterocycles. The zero-order valence-electron chi connectivity index (χ0n) is 15.6. The Bertz CT molecular complexity index is 798. The molecule has 0 radical (unpaired) electrons. The molecule has 0 aromatic carbocycles. The first-order valence-corrected chi connectivity index (χ1v) is 9.07. The minimum Gasteiger partial charge on any atom is -0.458 e. The molecule has 0 aromatic rings. The van der Waals surface area contributed by atoms with Crippen LogP contribution in [-0.4, -0.2) is 57.8 Å². The van der Waals surface area contributed by atoms with Crippen molar-refractivity contribution in [1.29, 1.82) is 0 Å². The summed E-state index contributed by atoms with van der Waals surface area (Å²) in [5.74, 6) is -2.66. The molecule has 2 aliphatic heterocycles. The summed E-state index contributed by atoms with van der Waals surface area (Å²) in [6, 6.07) is 0. The van der Waals surface area contributed by atoms with Crippen LogP contribution in [0.15, 0.2) is 36.0 Å². The van der Waals surface area contributed by atoms with E-state index in [1.165, 1.54) is 0 Å². The first-order chi connectivity index (χ1) is 12.6. The van der Waals surface area contributed by atoms with Crippen molar-refractivity contribution in [3.63, 3.8) is 0 Å². The molecule has 2 saturated carbocycles. The second-order valence-electron chi connectivity index (χ2n) is 8.09. The van der Waals surface area contributed by atoms with Gasteiger partial charge >= 0.3 is 11.9 Å². The molecule has 0 amide bonds. The van der Waals surface area contributed by atoms with Crippen LogP contribution in [0.2, 0.25) is 0 Å². The largest absolute Gasteiger partial charge is 0.458 e. The number of aliphatic hydroxyl groups excluding tert-OH is 1. The summed E-state index contributed by atoms with van der Waals surface area (Å²) in [7, 11) is 0. The molecular formula is C20H24O7. The molecule has 4 fully saturated rings. The van der Waals surface area contributed by atoms with Crippen LogP contribution in [0.1, 0.15) is 27.2 Å². The van der Waals surface area contributed by atoms with Crippen LogP contribution in [0, 0.1) is 11.8 Å². The van der Waals surface area contributed by atoms with Gasteiger partial charge in [0, 0.05) is 23.5 Å². The molecule has 4 rings (SSSR count). The number of esters is 2. The highest BCUT2D eigenvalue weighted by Gasteiger charge is 2.83. The van der Waals surface area contributed by atoms with E-state index in [9.17, 15) is 19.8 Å². The Morgan fingerprint density at radius 2 is 2.04 bits per heavy atom. The smallest absolute Gasteiger partial charge is 0.334 e. The van der Waals surface area contributed by atoms with E-state index in [0.717, 1.165) is 0 Å². The molecule has 7 nitrogen and oxygen atoms in total. The van der Waals surface area contributed by atoms with Gasteiger partial charge in [-0.1, -0.05) is 24.8 Å². The Hall–Kier alpha value is -1.96. The van der Waals surface area contributed by atoms with Gasteiger partial charge in [-0.3, -0.25) is 0 Å². The predicted molar refractivity (Wildman–Crippen MR) is 93.3 cm³/mol. The van der Waals surface area contributed by atoms with Gasteiger partial charge in [-0.15, -0.1) is 0 Å². The summed E-state index contributed by atoms with van der Waals surface area (Å²) >= 11 is 0. The maximum atomic E-state index is 12.4. The number of carbonyl (C=O) groups excluding carboxylic acids is 2. The lowest BCUT2D eigenvalue weighted by molar-refractivity contribution is -0.185. The van der Waals surface area contributed by atoms with Crippen molar-refractivity contribution < 1.29 is 34.0 Å². The van der Waals surface area contributed by atoms with Crippen LogP contribution in [0.5, 0.6) is 0 Å². The fraction of sp³-hybridized carbons (Fsp3) is 0.600. The first-order valence-electron chi connectivity index (χ1n) is 9.07. The van der Waals surface area contributed by atoms with Crippen molar-refractivity contribution in [2.75, 3.05) is 0 Å². The summed E-state index contributed by atoms with van der Waals surface area (Å²) in [5.41, 5.74) is -1.64. The third-order valence-electron chi connectivity index (χ3n) is 6.75. The van der Waals surface area contributed by atoms with Gasteiger partial charge in [-0.25, -0.2) is 9.59 Å². The van der Waals surface area contributed by atoms with Gasteiger partial charge in [0.25, 0.3) is 0 Å². The standard InChI is InChI=1S/C20H24O7/c1-6-8(2)17(22)25-11-7-9(3)13-14(21)16-19(5,27-16)20(13,24)15-12(11)10(4)18(23)26-15/h6,11-16,21,24H,3-4,7H2,1-2,5H3/b8-6-/t11-,12?,13?,14+,15+,16-,19-,20-/m1/s1. The lowest BCUT2D eigenvalue weighted by atomic mass is 9.73. The Morgan fingerprint density at radius 1 is 1.37 bits per heavy atom. The Labute approximate surface area is 157 Å². The molecule has 8 atom stereocenters. The number of ether oxygens (including phenoxy) is 3. The fourth-order valence-electron chi connectivity index (χ4n) is 5.05. The number of rotatable bonds is 2. The number of epoxide rings is 1. The SMILES string of the molecule is C=C1C(=O)O[C@H]2C1[C@H](OC(=O)/C(C)=C\C)CC(=C)C1[C@H](O)[C@H]3O[C@@]3(C)[C@@]12O. The predicted octanol–water partition coefficient (Wildman–Crippen LogP) is 0.801. The van der Waals surface area contributed by atoms with E-state index in [4.69, 9.17) is 14.2 Å². The molecule has 2 heterocycles. The molecule has 4 aliphatic rings. The maximum Gasteiger partial charge on any atom is 0.334 e. The average molecular weight is 376 g/mol. The molecule has 0 bridgehead atoms. The average Bonchev–Trinajstić information content (AvgIpc) is 3.20. The van der Waals surface area contributed by atoms with Crippen molar-refractivity contribution in [3.8, 4) is 0 Å². The highest BCUT2D eigenvalue weighted by Crippen LogP contribution is 2.65. The fourth-order valence-corrected chi connectivity index (χ4v) is 5.05. The number of aliphatic hydroxyl groups is 2. The highest BCUT2D eigenvalue weighted by molar-refractivity contribution is 5.92. The molecule has 0 spiro atoms. The van der Waals surface area contributed by atoms with Crippen molar-refractivity contribution in [3.05, 3.63) is 36.0 Å². The zero-order valence-corrected chi connectivity index (χ0v) is 15.6. The molecule has 146 valence electrons. The maximum absolute atomic E-state index is 12.4. The van der Waals surface area contributed by atoms with Gasteiger partial charge in [0.1, 0.15) is 29.5 Å². The zero-order chi connectivity index (χ0) is 19.9. The van der Waals surface area contributed by atoms with Gasteiger partial charge in [-0.05, 0) is 20.8 Å². The van der Waals surface area contributed by atoms with E-state index in [2.05, 4.69) is 13.2 Å². The lowest BCUT2D eigenvalue weighted by Crippen LogP contribution is -2.59. The summed E-state index contributed by atoms with van der Waals surface area (Å²) in [5, 5.41) is 22.4. The van der Waals surface area contributed by atoms with Crippen molar-refractivity contribution in [2.24, 2.45) is 11.8 Å². The second-order valence-corrected chi connectivity index (χ2v) is 8.09. The molecule has 2 unspecified atom stereocenters. The van der Waals surface area contributed by atoms with Gasteiger partial charge in [0.05, 0.1) is 12.0 Å². The molecule has 7 heteroatoms. The van der Waals surface area contributed by atoms with Gasteiger partial charge < -0.3 is 24.4 Å². The number of hydrogen-bond acceptors (Lipinski definition) is 7. The first kappa shape index (κ1) is 18.4. The molecule has 27 heavy (non-hydrogen) atoms. The molecule has 2 aliphatic carbocycles. The topological polar surface area (TPSA) is 106 Å². The molecule has 2 N–H and O–H groups in total. The summed E-state index contributed by atoms with van der Waals surface area (Å²) in [6.07, 6.45) is -1.54. The summed E-state index contributed by atoms with van der Waals surface area (Å²) in [4.78, 5) is 24.6. The van der Waals surface area contributed by atoms with E-state index < -0.39 is 59.4 Å². The summed E-state index contributed by atoms with van der Waals surface area (Å²) < 4.78 is 16.8. The van der Waals surface area contributed by atoms with Crippen LogP contribution in [0.4, 0.5) is 0 Å². The van der Waals surface area contributed by atoms with E-state index >= 15 is 0 Å². The third kappa shape index (κ3) is 2.13. The van der Waals surface area contributed by atoms with Crippen LogP contribution in [0.25, 0.3) is 0 Å². The monoisotopic (exact) mass is 376 g/mol. The van der Waals surface area contributed by atoms with Gasteiger partial charge in [-0.2, -0.15) is 0 Å². The van der Waals surface area contributed by atoms with Crippen LogP contribution >= 0.6 is 0 Å². The number of allylic oxidation sites excluding steroid dienone is 1. The lowest BCUT2D eigenvalue weighted by Gasteiger charge is -2.40. The van der Waals surface area contributed by atoms with E-state index in [1.807, 2.05) is 0 Å². The van der Waals surface area contributed by atoms with Crippen molar-refractivity contribution in [2.45, 2.75) is 62.8 Å². The number of carbonyl (C=O) groups is 2. The van der Waals surface area contributed by atoms with Crippen LogP contribution in [0.3, 0.4) is 0 Å². The Balaban J connectivity index is 1.78. The highest BCUT2D eigenvalue weighted by atomic mass is 16.7. The van der Waals surface area contributed by atoms with Crippen molar-refractivity contribution >= 4 is 11.9 Å². The number of hydrogen-bond donors (Lipinski definition) is 2. The van der Waals surface area contributed by atoms with E-state index in [1.54, 1.807) is 26.8 Å². The Kier molecular flexibility index (Phi) is 3.77. The summed E-state index contributed by atoms with van der Waals surface area (Å²) in [6.45, 7) is 12.9. The third-order valence-corrected chi connectivity index (χ3v) is 6.75. The molecule has 0 aromatic heterocycles. The van der Waals surface area contributed by atoms with E-state index in [0.29, 0.717) is 11.1 Å². The van der Waals surface area contributed by atoms with Gasteiger partial charge in [0.2, 0.25) is 0 Å². The van der Waals surface area contributed by atoms with Gasteiger partial charge in [0.15, 0.2) is 0 Å². The quantitative estimate of drug-likeness (QED) is 0.318. The van der Waals surface area contributed by atoms with Crippen molar-refractivity contribution in [1.82, 2.24) is 0 Å². The molecular weight excluding hydrogens is 352 g/mol. The number of fused-ring (bicyclic) bond motifs is 5. The van der Waals surface area contributed by atoms with Crippen LogP contribution in [-0.2, 0) is 23.8 Å². The Morgan fingerprint density at radius 3 is 2.67 bits per heavy atom. The minimum absolute atomic E-state index is 0.139. The minimum atomic E-state index is -1.68. The normalized spacial score (nSPS) is 48.3. The second kappa shape index (κ2) is 5.53. The van der Waals surface area contributed by atoms with E-state index in [-0.39, 0.29) is 12.0 Å². The van der Waals surface area contributed by atoms with Crippen LogP contribution < -0.4 is 0 Å².